The lowest BCUT2D eigenvalue weighted by molar-refractivity contribution is 0.674. The molecule has 4 nitrogen and oxygen atoms in total. The second-order valence-electron chi connectivity index (χ2n) is 13.2. The predicted molar refractivity (Wildman–Crippen MR) is 217 cm³/mol. The van der Waals surface area contributed by atoms with Crippen molar-refractivity contribution in [1.82, 2.24) is 15.0 Å². The standard InChI is InChI=1S/C49H31N3O/c1-4-15-32(16-5-1)43-31-44-42-28-14-27-39(45(42)53-46(44)41-26-11-10-25-40(41)43)37-23-12-21-35(29-37)36-22-13-24-38(30-36)49-51-47(33-17-6-2-7-18-33)50-48(52-49)34-19-8-3-9-20-34/h1-31H. The number of benzene rings is 8. The van der Waals surface area contributed by atoms with Crippen LogP contribution in [0, 0.1) is 0 Å². The molecular formula is C49H31N3O. The molecule has 4 heteroatoms. The number of nitrogens with zero attached hydrogens (tertiary/aromatic N) is 3. The van der Waals surface area contributed by atoms with Crippen molar-refractivity contribution in [3.63, 3.8) is 0 Å². The lowest BCUT2D eigenvalue weighted by Gasteiger charge is -2.10. The SMILES string of the molecule is c1ccc(-c2nc(-c3ccccc3)nc(-c3cccc(-c4cccc(-c5cccc6c5oc5c7ccccc7c(-c7ccccc7)cc65)c4)c3)n2)cc1. The van der Waals surface area contributed by atoms with Crippen LogP contribution in [0.5, 0.6) is 0 Å². The van der Waals surface area contributed by atoms with Crippen molar-refractivity contribution >= 4 is 32.7 Å². The van der Waals surface area contributed by atoms with Gasteiger partial charge < -0.3 is 4.42 Å². The monoisotopic (exact) mass is 677 g/mol. The molecule has 0 radical (unpaired) electrons. The molecule has 2 aromatic heterocycles. The van der Waals surface area contributed by atoms with Gasteiger partial charge >= 0.3 is 0 Å². The molecular weight excluding hydrogens is 647 g/mol. The van der Waals surface area contributed by atoms with E-state index in [-0.39, 0.29) is 0 Å². The van der Waals surface area contributed by atoms with Crippen molar-refractivity contribution in [2.45, 2.75) is 0 Å². The molecule has 0 saturated heterocycles. The fraction of sp³-hybridized carbons (Fsp3) is 0. The minimum atomic E-state index is 0.629. The molecule has 0 unspecified atom stereocenters. The highest BCUT2D eigenvalue weighted by Crippen LogP contribution is 2.43. The largest absolute Gasteiger partial charge is 0.455 e. The number of hydrogen-bond acceptors (Lipinski definition) is 4. The molecule has 0 atom stereocenters. The van der Waals surface area contributed by atoms with Crippen molar-refractivity contribution in [2.75, 3.05) is 0 Å². The Morgan fingerprint density at radius 1 is 0.264 bits per heavy atom. The zero-order valence-electron chi connectivity index (χ0n) is 28.6. The molecule has 248 valence electrons. The summed E-state index contributed by atoms with van der Waals surface area (Å²) in [7, 11) is 0. The van der Waals surface area contributed by atoms with Crippen LogP contribution >= 0.6 is 0 Å². The number of fused-ring (bicyclic) bond motifs is 5. The van der Waals surface area contributed by atoms with Gasteiger partial charge in [0.05, 0.1) is 0 Å². The molecule has 53 heavy (non-hydrogen) atoms. The molecule has 0 aliphatic heterocycles. The second-order valence-corrected chi connectivity index (χ2v) is 13.2. The van der Waals surface area contributed by atoms with Crippen LogP contribution in [0.3, 0.4) is 0 Å². The van der Waals surface area contributed by atoms with Gasteiger partial charge in [-0.25, -0.2) is 15.0 Å². The van der Waals surface area contributed by atoms with Gasteiger partial charge in [0.15, 0.2) is 17.5 Å². The van der Waals surface area contributed by atoms with Crippen LogP contribution < -0.4 is 0 Å². The highest BCUT2D eigenvalue weighted by molar-refractivity contribution is 6.20. The highest BCUT2D eigenvalue weighted by atomic mass is 16.3. The summed E-state index contributed by atoms with van der Waals surface area (Å²) in [5, 5.41) is 4.51. The number of rotatable bonds is 6. The summed E-state index contributed by atoms with van der Waals surface area (Å²) in [6.07, 6.45) is 0. The molecule has 0 fully saturated rings. The first-order chi connectivity index (χ1) is 26.3. The molecule has 0 spiro atoms. The van der Waals surface area contributed by atoms with Crippen molar-refractivity contribution in [3.8, 4) is 67.5 Å². The number of aromatic nitrogens is 3. The predicted octanol–water partition coefficient (Wildman–Crippen LogP) is 12.9. The fourth-order valence-electron chi connectivity index (χ4n) is 7.35. The number of hydrogen-bond donors (Lipinski definition) is 0. The van der Waals surface area contributed by atoms with E-state index < -0.39 is 0 Å². The van der Waals surface area contributed by atoms with Crippen LogP contribution in [0.25, 0.3) is 100 Å². The summed E-state index contributed by atoms with van der Waals surface area (Å²) in [5.41, 5.74) is 11.3. The number of furan rings is 1. The minimum absolute atomic E-state index is 0.629. The Balaban J connectivity index is 1.08. The van der Waals surface area contributed by atoms with Gasteiger partial charge in [0.1, 0.15) is 11.2 Å². The van der Waals surface area contributed by atoms with E-state index in [2.05, 4.69) is 127 Å². The van der Waals surface area contributed by atoms with E-state index >= 15 is 0 Å². The third-order valence-corrected chi connectivity index (χ3v) is 9.92. The highest BCUT2D eigenvalue weighted by Gasteiger charge is 2.18. The first-order valence-corrected chi connectivity index (χ1v) is 17.8. The maximum atomic E-state index is 6.84. The smallest absolute Gasteiger partial charge is 0.164 e. The van der Waals surface area contributed by atoms with Gasteiger partial charge in [-0.05, 0) is 51.4 Å². The van der Waals surface area contributed by atoms with Crippen LogP contribution in [0.1, 0.15) is 0 Å². The van der Waals surface area contributed by atoms with Crippen molar-refractivity contribution in [3.05, 3.63) is 188 Å². The summed E-state index contributed by atoms with van der Waals surface area (Å²) in [4.78, 5) is 14.8. The van der Waals surface area contributed by atoms with Crippen LogP contribution in [-0.4, -0.2) is 15.0 Å². The molecule has 2 heterocycles. The molecule has 0 saturated carbocycles. The molecule has 10 rings (SSSR count). The molecule has 0 amide bonds. The molecule has 0 aliphatic carbocycles. The zero-order chi connectivity index (χ0) is 35.1. The summed E-state index contributed by atoms with van der Waals surface area (Å²) in [5.74, 6) is 1.92. The lowest BCUT2D eigenvalue weighted by Crippen LogP contribution is -2.00. The quantitative estimate of drug-likeness (QED) is 0.176. The summed E-state index contributed by atoms with van der Waals surface area (Å²) < 4.78 is 6.84. The van der Waals surface area contributed by atoms with Crippen LogP contribution in [0.4, 0.5) is 0 Å². The Hall–Kier alpha value is -7.17. The minimum Gasteiger partial charge on any atom is -0.455 e. The fourth-order valence-corrected chi connectivity index (χ4v) is 7.35. The van der Waals surface area contributed by atoms with E-state index in [4.69, 9.17) is 19.4 Å². The van der Waals surface area contributed by atoms with Gasteiger partial charge in [-0.15, -0.1) is 0 Å². The first kappa shape index (κ1) is 30.6. The van der Waals surface area contributed by atoms with Gasteiger partial charge in [0.2, 0.25) is 0 Å². The van der Waals surface area contributed by atoms with E-state index in [1.807, 2.05) is 60.7 Å². The van der Waals surface area contributed by atoms with Crippen LogP contribution in [0.2, 0.25) is 0 Å². The van der Waals surface area contributed by atoms with E-state index in [1.165, 1.54) is 16.5 Å². The Morgan fingerprint density at radius 2 is 0.698 bits per heavy atom. The first-order valence-electron chi connectivity index (χ1n) is 17.8. The maximum Gasteiger partial charge on any atom is 0.164 e. The number of para-hydroxylation sites is 1. The van der Waals surface area contributed by atoms with Gasteiger partial charge in [0.25, 0.3) is 0 Å². The summed E-state index contributed by atoms with van der Waals surface area (Å²) >= 11 is 0. The van der Waals surface area contributed by atoms with E-state index in [9.17, 15) is 0 Å². The van der Waals surface area contributed by atoms with E-state index in [1.54, 1.807) is 0 Å². The Labute approximate surface area is 306 Å². The Bertz CT molecular complexity index is 2880. The topological polar surface area (TPSA) is 51.8 Å². The van der Waals surface area contributed by atoms with E-state index in [0.29, 0.717) is 17.5 Å². The van der Waals surface area contributed by atoms with E-state index in [0.717, 1.165) is 66.3 Å². The average molecular weight is 678 g/mol. The van der Waals surface area contributed by atoms with Crippen molar-refractivity contribution in [2.24, 2.45) is 0 Å². The normalized spacial score (nSPS) is 11.4. The van der Waals surface area contributed by atoms with Crippen molar-refractivity contribution < 1.29 is 4.42 Å². The molecule has 0 bridgehead atoms. The van der Waals surface area contributed by atoms with Gasteiger partial charge in [-0.2, -0.15) is 0 Å². The third-order valence-electron chi connectivity index (χ3n) is 9.92. The molecule has 10 aromatic rings. The van der Waals surface area contributed by atoms with Crippen molar-refractivity contribution in [1.29, 1.82) is 0 Å². The second kappa shape index (κ2) is 12.9. The van der Waals surface area contributed by atoms with Gasteiger partial charge in [-0.1, -0.05) is 170 Å². The van der Waals surface area contributed by atoms with Gasteiger partial charge in [0, 0.05) is 38.4 Å². The van der Waals surface area contributed by atoms with Crippen LogP contribution in [-0.2, 0) is 0 Å². The van der Waals surface area contributed by atoms with Gasteiger partial charge in [-0.3, -0.25) is 0 Å². The zero-order valence-corrected chi connectivity index (χ0v) is 28.6. The molecule has 0 aliphatic rings. The Kier molecular flexibility index (Phi) is 7.43. The lowest BCUT2D eigenvalue weighted by atomic mass is 9.94. The van der Waals surface area contributed by atoms with Crippen LogP contribution in [0.15, 0.2) is 192 Å². The molecule has 0 N–H and O–H groups in total. The summed E-state index contributed by atoms with van der Waals surface area (Å²) in [6.45, 7) is 0. The third kappa shape index (κ3) is 5.54. The maximum absolute atomic E-state index is 6.84. The average Bonchev–Trinajstić information content (AvgIpc) is 3.63. The summed E-state index contributed by atoms with van der Waals surface area (Å²) in [6, 6.07) is 65.1. The Morgan fingerprint density at radius 3 is 1.34 bits per heavy atom. The molecule has 8 aromatic carbocycles.